The normalized spacial score (nSPS) is 39.9. The summed E-state index contributed by atoms with van der Waals surface area (Å²) in [5.41, 5.74) is 0. The van der Waals surface area contributed by atoms with E-state index in [0.717, 1.165) is 32.5 Å². The predicted molar refractivity (Wildman–Crippen MR) is 63.4 cm³/mol. The summed E-state index contributed by atoms with van der Waals surface area (Å²) >= 11 is 0. The van der Waals surface area contributed by atoms with Crippen LogP contribution in [0.15, 0.2) is 0 Å². The number of hydrogen-bond acceptors (Lipinski definition) is 3. The summed E-state index contributed by atoms with van der Waals surface area (Å²) in [4.78, 5) is 17.4. The second-order valence-corrected chi connectivity index (χ2v) is 5.59. The van der Waals surface area contributed by atoms with Crippen LogP contribution in [0.1, 0.15) is 32.1 Å². The number of hydrogen-bond donors (Lipinski definition) is 0. The van der Waals surface area contributed by atoms with Crippen LogP contribution in [0.4, 0.5) is 0 Å². The van der Waals surface area contributed by atoms with E-state index < -0.39 is 0 Å². The van der Waals surface area contributed by atoms with Crippen molar-refractivity contribution in [2.45, 2.75) is 38.1 Å². The molecule has 0 amide bonds. The van der Waals surface area contributed by atoms with Crippen molar-refractivity contribution in [3.05, 3.63) is 0 Å². The fraction of sp³-hybridized carbons (Fsp3) is 0.923. The smallest absolute Gasteiger partial charge is 0.154 e. The van der Waals surface area contributed by atoms with Crippen molar-refractivity contribution < 1.29 is 4.79 Å². The maximum Gasteiger partial charge on any atom is 0.154 e. The van der Waals surface area contributed by atoms with Gasteiger partial charge < -0.3 is 0 Å². The summed E-state index contributed by atoms with van der Waals surface area (Å²) in [5, 5.41) is 0. The summed E-state index contributed by atoms with van der Waals surface area (Å²) in [6.45, 7) is 5.59. The molecule has 0 aromatic heterocycles. The lowest BCUT2D eigenvalue weighted by molar-refractivity contribution is -0.134. The molecule has 0 radical (unpaired) electrons. The Balaban J connectivity index is 1.65. The van der Waals surface area contributed by atoms with E-state index in [4.69, 9.17) is 0 Å². The average Bonchev–Trinajstić information content (AvgIpc) is 2.40. The summed E-state index contributed by atoms with van der Waals surface area (Å²) in [5.74, 6) is 0.948. The van der Waals surface area contributed by atoms with Gasteiger partial charge in [-0.05, 0) is 12.8 Å². The number of ketones is 1. The van der Waals surface area contributed by atoms with Crippen LogP contribution in [0.3, 0.4) is 0 Å². The van der Waals surface area contributed by atoms with E-state index in [2.05, 4.69) is 9.80 Å². The van der Waals surface area contributed by atoms with Crippen LogP contribution in [0, 0.1) is 5.92 Å². The third kappa shape index (κ3) is 1.91. The summed E-state index contributed by atoms with van der Waals surface area (Å²) in [7, 11) is 0. The molecule has 1 unspecified atom stereocenters. The largest absolute Gasteiger partial charge is 0.299 e. The predicted octanol–water partition coefficient (Wildman–Crippen LogP) is 1.14. The number of carbonyl (C=O) groups excluding carboxylic acids is 1. The lowest BCUT2D eigenvalue weighted by atomic mass is 9.82. The third-order valence-electron chi connectivity index (χ3n) is 4.61. The van der Waals surface area contributed by atoms with Crippen LogP contribution in [0.25, 0.3) is 0 Å². The zero-order valence-corrected chi connectivity index (χ0v) is 10.0. The molecule has 90 valence electrons. The number of carbonyl (C=O) groups is 1. The molecular weight excluding hydrogens is 200 g/mol. The molecule has 0 N–H and O–H groups in total. The van der Waals surface area contributed by atoms with Gasteiger partial charge in [0.05, 0.1) is 6.04 Å². The van der Waals surface area contributed by atoms with E-state index in [-0.39, 0.29) is 6.04 Å². The highest BCUT2D eigenvalue weighted by Crippen LogP contribution is 2.28. The van der Waals surface area contributed by atoms with Gasteiger partial charge in [0.15, 0.2) is 5.78 Å². The van der Waals surface area contributed by atoms with Gasteiger partial charge in [0.2, 0.25) is 0 Å². The highest BCUT2D eigenvalue weighted by atomic mass is 16.1. The van der Waals surface area contributed by atoms with Crippen molar-refractivity contribution in [1.29, 1.82) is 0 Å². The Kier molecular flexibility index (Phi) is 2.99. The maximum absolute atomic E-state index is 12.5. The molecule has 1 saturated carbocycles. The van der Waals surface area contributed by atoms with Crippen LogP contribution < -0.4 is 0 Å². The zero-order chi connectivity index (χ0) is 11.0. The summed E-state index contributed by atoms with van der Waals surface area (Å²) in [6.07, 6.45) is 6.19. The van der Waals surface area contributed by atoms with Gasteiger partial charge in [-0.3, -0.25) is 14.6 Å². The summed E-state index contributed by atoms with van der Waals surface area (Å²) in [6, 6.07) is 0.241. The Morgan fingerprint density at radius 2 is 1.62 bits per heavy atom. The molecule has 3 saturated heterocycles. The van der Waals surface area contributed by atoms with E-state index in [1.165, 1.54) is 32.4 Å². The van der Waals surface area contributed by atoms with Crippen molar-refractivity contribution in [3.8, 4) is 0 Å². The first-order valence-corrected chi connectivity index (χ1v) is 6.85. The van der Waals surface area contributed by atoms with E-state index >= 15 is 0 Å². The van der Waals surface area contributed by atoms with Crippen LogP contribution >= 0.6 is 0 Å². The summed E-state index contributed by atoms with van der Waals surface area (Å²) < 4.78 is 0. The maximum atomic E-state index is 12.5. The second kappa shape index (κ2) is 4.46. The molecule has 0 aromatic rings. The highest BCUT2D eigenvalue weighted by Gasteiger charge is 2.38. The minimum absolute atomic E-state index is 0.241. The van der Waals surface area contributed by atoms with Crippen LogP contribution in [0.2, 0.25) is 0 Å². The van der Waals surface area contributed by atoms with Gasteiger partial charge in [-0.25, -0.2) is 0 Å². The van der Waals surface area contributed by atoms with E-state index in [9.17, 15) is 4.79 Å². The molecule has 4 rings (SSSR count). The first-order chi connectivity index (χ1) is 7.84. The Labute approximate surface area is 97.8 Å². The lowest BCUT2D eigenvalue weighted by Crippen LogP contribution is -2.64. The molecule has 3 heterocycles. The molecule has 2 bridgehead atoms. The van der Waals surface area contributed by atoms with Gasteiger partial charge in [-0.15, -0.1) is 0 Å². The number of nitrogens with zero attached hydrogens (tertiary/aromatic N) is 2. The van der Waals surface area contributed by atoms with Crippen LogP contribution in [-0.2, 0) is 4.79 Å². The number of rotatable bonds is 2. The van der Waals surface area contributed by atoms with Crippen LogP contribution in [0.5, 0.6) is 0 Å². The fourth-order valence-electron chi connectivity index (χ4n) is 3.55. The van der Waals surface area contributed by atoms with Gasteiger partial charge in [0.25, 0.3) is 0 Å². The molecule has 4 fully saturated rings. The molecule has 3 nitrogen and oxygen atoms in total. The van der Waals surface area contributed by atoms with Gasteiger partial charge >= 0.3 is 0 Å². The SMILES string of the molecule is O=C(C1CCCCC1)C1CN2CCN1CC2. The molecule has 0 aromatic carbocycles. The molecule has 3 heteroatoms. The topological polar surface area (TPSA) is 23.6 Å². The van der Waals surface area contributed by atoms with Crippen molar-refractivity contribution in [2.24, 2.45) is 5.92 Å². The van der Waals surface area contributed by atoms with E-state index in [1.807, 2.05) is 0 Å². The Hall–Kier alpha value is -0.410. The Morgan fingerprint density at radius 1 is 0.938 bits per heavy atom. The van der Waals surface area contributed by atoms with Crippen molar-refractivity contribution in [3.63, 3.8) is 0 Å². The average molecular weight is 222 g/mol. The molecular formula is C13H22N2O. The molecule has 16 heavy (non-hydrogen) atoms. The quantitative estimate of drug-likeness (QED) is 0.700. The standard InChI is InChI=1S/C13H22N2O/c16-13(11-4-2-1-3-5-11)12-10-14-6-8-15(12)9-7-14/h11-12H,1-10H2. The minimum atomic E-state index is 0.241. The Morgan fingerprint density at radius 3 is 2.19 bits per heavy atom. The molecule has 3 aliphatic heterocycles. The Bertz CT molecular complexity index is 265. The second-order valence-electron chi connectivity index (χ2n) is 5.59. The fourth-order valence-corrected chi connectivity index (χ4v) is 3.55. The first-order valence-electron chi connectivity index (χ1n) is 6.85. The molecule has 1 aliphatic carbocycles. The van der Waals surface area contributed by atoms with Gasteiger partial charge in [0.1, 0.15) is 0 Å². The molecule has 1 atom stereocenters. The molecule has 4 aliphatic rings. The van der Waals surface area contributed by atoms with Crippen molar-refractivity contribution >= 4 is 5.78 Å². The third-order valence-corrected chi connectivity index (χ3v) is 4.61. The molecule has 0 spiro atoms. The van der Waals surface area contributed by atoms with E-state index in [1.54, 1.807) is 0 Å². The van der Waals surface area contributed by atoms with Crippen LogP contribution in [-0.4, -0.2) is 54.3 Å². The number of fused-ring (bicyclic) bond motifs is 3. The number of Topliss-reactive ketones (excluding diaryl/α,β-unsaturated/α-hetero) is 1. The van der Waals surface area contributed by atoms with E-state index in [0.29, 0.717) is 11.7 Å². The van der Waals surface area contributed by atoms with Crippen molar-refractivity contribution in [1.82, 2.24) is 9.80 Å². The lowest BCUT2D eigenvalue weighted by Gasteiger charge is -2.47. The van der Waals surface area contributed by atoms with Gasteiger partial charge in [0, 0.05) is 38.6 Å². The zero-order valence-electron chi connectivity index (χ0n) is 10.0. The minimum Gasteiger partial charge on any atom is -0.299 e. The first kappa shape index (κ1) is 10.7. The number of piperazine rings is 3. The monoisotopic (exact) mass is 222 g/mol. The highest BCUT2D eigenvalue weighted by molar-refractivity contribution is 5.86. The van der Waals surface area contributed by atoms with Gasteiger partial charge in [-0.2, -0.15) is 0 Å². The van der Waals surface area contributed by atoms with Gasteiger partial charge in [-0.1, -0.05) is 19.3 Å². The van der Waals surface area contributed by atoms with Crippen molar-refractivity contribution in [2.75, 3.05) is 32.7 Å².